The van der Waals surface area contributed by atoms with Crippen LogP contribution in [0.3, 0.4) is 0 Å². The predicted octanol–water partition coefficient (Wildman–Crippen LogP) is 2.09. The van der Waals surface area contributed by atoms with Gasteiger partial charge in [-0.15, -0.1) is 0 Å². The van der Waals surface area contributed by atoms with Crippen LogP contribution in [-0.4, -0.2) is 44.2 Å². The van der Waals surface area contributed by atoms with Gasteiger partial charge in [0.2, 0.25) is 0 Å². The Labute approximate surface area is 118 Å². The molecule has 1 fully saturated rings. The van der Waals surface area contributed by atoms with Crippen LogP contribution in [-0.2, 0) is 6.42 Å². The van der Waals surface area contributed by atoms with Crippen molar-refractivity contribution in [2.75, 3.05) is 38.1 Å². The van der Waals surface area contributed by atoms with Crippen LogP contribution in [0.2, 0.25) is 0 Å². The highest BCUT2D eigenvalue weighted by molar-refractivity contribution is 9.10. The summed E-state index contributed by atoms with van der Waals surface area (Å²) in [4.78, 5) is 4.81. The van der Waals surface area contributed by atoms with Gasteiger partial charge in [0.1, 0.15) is 0 Å². The van der Waals surface area contributed by atoms with Crippen molar-refractivity contribution in [3.63, 3.8) is 0 Å². The molecule has 0 saturated carbocycles. The highest BCUT2D eigenvalue weighted by Gasteiger charge is 2.16. The van der Waals surface area contributed by atoms with Crippen LogP contribution < -0.4 is 10.6 Å². The van der Waals surface area contributed by atoms with Crippen molar-refractivity contribution in [3.8, 4) is 0 Å². The minimum atomic E-state index is 0.214. The van der Waals surface area contributed by atoms with Crippen molar-refractivity contribution >= 4 is 21.6 Å². The second-order valence-corrected chi connectivity index (χ2v) is 6.11. The SMILES string of the molecule is CC(N)Cc1ccc(N2CCN(C)CC2)c(Br)c1. The second-order valence-electron chi connectivity index (χ2n) is 5.26. The Morgan fingerprint density at radius 2 is 1.94 bits per heavy atom. The molecule has 0 aliphatic carbocycles. The zero-order chi connectivity index (χ0) is 13.1. The number of anilines is 1. The minimum absolute atomic E-state index is 0.214. The van der Waals surface area contributed by atoms with Gasteiger partial charge in [-0.2, -0.15) is 0 Å². The third-order valence-electron chi connectivity index (χ3n) is 3.41. The van der Waals surface area contributed by atoms with Crippen molar-refractivity contribution in [3.05, 3.63) is 28.2 Å². The average molecular weight is 312 g/mol. The summed E-state index contributed by atoms with van der Waals surface area (Å²) >= 11 is 3.69. The topological polar surface area (TPSA) is 32.5 Å². The summed E-state index contributed by atoms with van der Waals surface area (Å²) in [7, 11) is 2.18. The fourth-order valence-corrected chi connectivity index (χ4v) is 3.03. The molecule has 1 aromatic carbocycles. The number of benzene rings is 1. The van der Waals surface area contributed by atoms with Crippen molar-refractivity contribution in [2.45, 2.75) is 19.4 Å². The summed E-state index contributed by atoms with van der Waals surface area (Å²) < 4.78 is 1.19. The molecule has 0 amide bonds. The quantitative estimate of drug-likeness (QED) is 0.928. The Morgan fingerprint density at radius 3 is 2.50 bits per heavy atom. The number of nitrogens with zero attached hydrogens (tertiary/aromatic N) is 2. The number of rotatable bonds is 3. The molecule has 1 aliphatic heterocycles. The lowest BCUT2D eigenvalue weighted by atomic mass is 10.1. The maximum atomic E-state index is 5.84. The van der Waals surface area contributed by atoms with E-state index in [1.165, 1.54) is 15.7 Å². The number of nitrogens with two attached hydrogens (primary N) is 1. The summed E-state index contributed by atoms with van der Waals surface area (Å²) in [5.41, 5.74) is 8.44. The molecule has 0 bridgehead atoms. The van der Waals surface area contributed by atoms with Gasteiger partial charge in [-0.25, -0.2) is 0 Å². The fourth-order valence-electron chi connectivity index (χ4n) is 2.35. The second kappa shape index (κ2) is 6.04. The van der Waals surface area contributed by atoms with E-state index in [2.05, 4.69) is 51.0 Å². The molecule has 1 saturated heterocycles. The Hall–Kier alpha value is -0.580. The molecule has 3 nitrogen and oxygen atoms in total. The van der Waals surface area contributed by atoms with E-state index in [9.17, 15) is 0 Å². The molecule has 0 aromatic heterocycles. The van der Waals surface area contributed by atoms with Gasteiger partial charge in [-0.3, -0.25) is 0 Å². The molecule has 0 radical (unpaired) electrons. The van der Waals surface area contributed by atoms with Crippen LogP contribution in [0.15, 0.2) is 22.7 Å². The Kier molecular flexibility index (Phi) is 4.65. The van der Waals surface area contributed by atoms with Crippen molar-refractivity contribution in [1.29, 1.82) is 0 Å². The van der Waals surface area contributed by atoms with Crippen LogP contribution in [0.5, 0.6) is 0 Å². The van der Waals surface area contributed by atoms with Gasteiger partial charge in [0.05, 0.1) is 5.69 Å². The lowest BCUT2D eigenvalue weighted by Crippen LogP contribution is -2.44. The molecule has 0 spiro atoms. The third kappa shape index (κ3) is 3.46. The average Bonchev–Trinajstić information content (AvgIpc) is 2.30. The minimum Gasteiger partial charge on any atom is -0.368 e. The number of piperazine rings is 1. The lowest BCUT2D eigenvalue weighted by Gasteiger charge is -2.34. The highest BCUT2D eigenvalue weighted by Crippen LogP contribution is 2.28. The maximum absolute atomic E-state index is 5.84. The van der Waals surface area contributed by atoms with Crippen molar-refractivity contribution in [1.82, 2.24) is 4.90 Å². The van der Waals surface area contributed by atoms with E-state index >= 15 is 0 Å². The number of halogens is 1. The third-order valence-corrected chi connectivity index (χ3v) is 4.05. The van der Waals surface area contributed by atoms with E-state index in [0.29, 0.717) is 0 Å². The number of likely N-dealkylation sites (N-methyl/N-ethyl adjacent to an activating group) is 1. The van der Waals surface area contributed by atoms with Gasteiger partial charge in [-0.05, 0) is 54.0 Å². The van der Waals surface area contributed by atoms with E-state index in [1.54, 1.807) is 0 Å². The van der Waals surface area contributed by atoms with Gasteiger partial charge in [0, 0.05) is 36.7 Å². The van der Waals surface area contributed by atoms with Crippen LogP contribution in [0.4, 0.5) is 5.69 Å². The zero-order valence-electron chi connectivity index (χ0n) is 11.2. The van der Waals surface area contributed by atoms with Crippen molar-refractivity contribution in [2.24, 2.45) is 5.73 Å². The normalized spacial score (nSPS) is 19.0. The lowest BCUT2D eigenvalue weighted by molar-refractivity contribution is 0.312. The largest absolute Gasteiger partial charge is 0.368 e. The Morgan fingerprint density at radius 1 is 1.28 bits per heavy atom. The molecule has 1 heterocycles. The zero-order valence-corrected chi connectivity index (χ0v) is 12.8. The van der Waals surface area contributed by atoms with E-state index in [-0.39, 0.29) is 6.04 Å². The molecule has 4 heteroatoms. The standard InChI is InChI=1S/C14H22BrN3/c1-11(16)9-12-3-4-14(13(15)10-12)18-7-5-17(2)6-8-18/h3-4,10-11H,5-9,16H2,1-2H3. The first-order chi connectivity index (χ1) is 8.56. The maximum Gasteiger partial charge on any atom is 0.0511 e. The van der Waals surface area contributed by atoms with Crippen LogP contribution in [0, 0.1) is 0 Å². The molecular weight excluding hydrogens is 290 g/mol. The van der Waals surface area contributed by atoms with Gasteiger partial charge < -0.3 is 15.5 Å². The molecule has 2 rings (SSSR count). The molecule has 1 atom stereocenters. The van der Waals surface area contributed by atoms with E-state index in [1.807, 2.05) is 6.92 Å². The van der Waals surface area contributed by atoms with Gasteiger partial charge in [-0.1, -0.05) is 6.07 Å². The first kappa shape index (κ1) is 13.8. The van der Waals surface area contributed by atoms with E-state index < -0.39 is 0 Å². The Bertz CT molecular complexity index is 398. The summed E-state index contributed by atoms with van der Waals surface area (Å²) in [5.74, 6) is 0. The molecule has 100 valence electrons. The fraction of sp³-hybridized carbons (Fsp3) is 0.571. The van der Waals surface area contributed by atoms with Gasteiger partial charge in [0.25, 0.3) is 0 Å². The number of hydrogen-bond donors (Lipinski definition) is 1. The van der Waals surface area contributed by atoms with Gasteiger partial charge in [0.15, 0.2) is 0 Å². The summed E-state index contributed by atoms with van der Waals surface area (Å²) in [6, 6.07) is 6.83. The number of hydrogen-bond acceptors (Lipinski definition) is 3. The van der Waals surface area contributed by atoms with Crippen LogP contribution in [0.1, 0.15) is 12.5 Å². The summed E-state index contributed by atoms with van der Waals surface area (Å²) in [5, 5.41) is 0. The molecule has 2 N–H and O–H groups in total. The first-order valence-corrected chi connectivity index (χ1v) is 7.33. The summed E-state index contributed by atoms with van der Waals surface area (Å²) in [6.45, 7) is 6.51. The van der Waals surface area contributed by atoms with E-state index in [0.717, 1.165) is 32.6 Å². The smallest absolute Gasteiger partial charge is 0.0511 e. The highest BCUT2D eigenvalue weighted by atomic mass is 79.9. The Balaban J connectivity index is 2.09. The molecule has 1 unspecified atom stereocenters. The molecule has 1 aliphatic rings. The predicted molar refractivity (Wildman–Crippen MR) is 81.2 cm³/mol. The van der Waals surface area contributed by atoms with Gasteiger partial charge >= 0.3 is 0 Å². The molecule has 1 aromatic rings. The summed E-state index contributed by atoms with van der Waals surface area (Å²) in [6.07, 6.45) is 0.932. The monoisotopic (exact) mass is 311 g/mol. The molecular formula is C14H22BrN3. The first-order valence-electron chi connectivity index (χ1n) is 6.54. The van der Waals surface area contributed by atoms with E-state index in [4.69, 9.17) is 5.73 Å². The van der Waals surface area contributed by atoms with Crippen molar-refractivity contribution < 1.29 is 0 Å². The molecule has 18 heavy (non-hydrogen) atoms. The van der Waals surface area contributed by atoms with Crippen LogP contribution in [0.25, 0.3) is 0 Å². The van der Waals surface area contributed by atoms with Crippen LogP contribution >= 0.6 is 15.9 Å².